The number of nitrogens with zero attached hydrogens (tertiary/aromatic N) is 3. The van der Waals surface area contributed by atoms with Crippen molar-refractivity contribution in [3.63, 3.8) is 0 Å². The number of piperazine rings is 1. The second kappa shape index (κ2) is 9.61. The van der Waals surface area contributed by atoms with Crippen LogP contribution in [0.3, 0.4) is 0 Å². The minimum Gasteiger partial charge on any atom is -0.360 e. The second-order valence-electron chi connectivity index (χ2n) is 7.81. The molecule has 2 amide bonds. The molecule has 1 fully saturated rings. The van der Waals surface area contributed by atoms with Gasteiger partial charge in [0.15, 0.2) is 0 Å². The third-order valence-electron chi connectivity index (χ3n) is 5.59. The molecular formula is C23H26N6O3. The monoisotopic (exact) mass is 434 g/mol. The average molecular weight is 435 g/mol. The predicted molar refractivity (Wildman–Crippen MR) is 123 cm³/mol. The van der Waals surface area contributed by atoms with Crippen molar-refractivity contribution in [2.24, 2.45) is 0 Å². The van der Waals surface area contributed by atoms with Crippen LogP contribution in [0.4, 0.5) is 5.82 Å². The Kier molecular flexibility index (Phi) is 6.46. The van der Waals surface area contributed by atoms with Crippen molar-refractivity contribution in [2.45, 2.75) is 6.54 Å². The lowest BCUT2D eigenvalue weighted by molar-refractivity contribution is -0.120. The molecule has 0 radical (unpaired) electrons. The third-order valence-corrected chi connectivity index (χ3v) is 5.59. The number of nitrogens with one attached hydrogen (secondary N) is 3. The van der Waals surface area contributed by atoms with E-state index >= 15 is 0 Å². The van der Waals surface area contributed by atoms with Crippen LogP contribution in [0.2, 0.25) is 0 Å². The summed E-state index contributed by atoms with van der Waals surface area (Å²) < 4.78 is 0. The quantitative estimate of drug-likeness (QED) is 0.527. The molecule has 3 heterocycles. The maximum atomic E-state index is 12.5. The number of hydrogen-bond donors (Lipinski definition) is 3. The summed E-state index contributed by atoms with van der Waals surface area (Å²) in [6, 6.07) is 10.7. The average Bonchev–Trinajstić information content (AvgIpc) is 2.82. The highest BCUT2D eigenvalue weighted by Gasteiger charge is 2.18. The van der Waals surface area contributed by atoms with Crippen molar-refractivity contribution in [3.05, 3.63) is 70.1 Å². The smallest absolute Gasteiger partial charge is 0.257 e. The van der Waals surface area contributed by atoms with Gasteiger partial charge in [-0.3, -0.25) is 14.4 Å². The lowest BCUT2D eigenvalue weighted by Gasteiger charge is -2.34. The Morgan fingerprint density at radius 3 is 2.66 bits per heavy atom. The molecule has 9 heteroatoms. The Labute approximate surface area is 185 Å². The fourth-order valence-electron chi connectivity index (χ4n) is 3.72. The summed E-state index contributed by atoms with van der Waals surface area (Å²) in [6.45, 7) is 3.76. The number of carbonyl (C=O) groups is 2. The molecular weight excluding hydrogens is 408 g/mol. The van der Waals surface area contributed by atoms with Gasteiger partial charge in [-0.25, -0.2) is 4.98 Å². The van der Waals surface area contributed by atoms with Crippen LogP contribution in [-0.2, 0) is 11.3 Å². The second-order valence-corrected chi connectivity index (χ2v) is 7.81. The number of fused-ring (bicyclic) bond motifs is 1. The largest absolute Gasteiger partial charge is 0.360 e. The zero-order valence-electron chi connectivity index (χ0n) is 17.9. The van der Waals surface area contributed by atoms with Gasteiger partial charge in [-0.15, -0.1) is 0 Å². The number of likely N-dealkylation sites (N-methyl/N-ethyl adjacent to an activating group) is 1. The van der Waals surface area contributed by atoms with Crippen LogP contribution in [0.15, 0.2) is 53.6 Å². The summed E-state index contributed by atoms with van der Waals surface area (Å²) in [4.78, 5) is 49.2. The normalized spacial score (nSPS) is 14.3. The number of rotatable bonds is 6. The van der Waals surface area contributed by atoms with E-state index in [1.165, 1.54) is 6.20 Å². The number of benzene rings is 1. The van der Waals surface area contributed by atoms with E-state index in [-0.39, 0.29) is 23.4 Å². The summed E-state index contributed by atoms with van der Waals surface area (Å²) in [7, 11) is 2.09. The van der Waals surface area contributed by atoms with Crippen molar-refractivity contribution in [3.8, 4) is 0 Å². The van der Waals surface area contributed by atoms with E-state index in [0.29, 0.717) is 17.4 Å². The van der Waals surface area contributed by atoms with Crippen LogP contribution < -0.4 is 21.0 Å². The Bertz CT molecular complexity index is 1180. The molecule has 32 heavy (non-hydrogen) atoms. The highest BCUT2D eigenvalue weighted by atomic mass is 16.2. The minimum absolute atomic E-state index is 0.0267. The molecule has 1 saturated heterocycles. The number of aromatic nitrogens is 2. The third kappa shape index (κ3) is 4.78. The number of anilines is 1. The predicted octanol–water partition coefficient (Wildman–Crippen LogP) is 0.721. The van der Waals surface area contributed by atoms with E-state index < -0.39 is 5.91 Å². The summed E-state index contributed by atoms with van der Waals surface area (Å²) in [5.41, 5.74) is 1.17. The number of para-hydroxylation sites is 1. The van der Waals surface area contributed by atoms with Crippen molar-refractivity contribution in [1.29, 1.82) is 0 Å². The van der Waals surface area contributed by atoms with E-state index in [1.54, 1.807) is 30.5 Å². The van der Waals surface area contributed by atoms with Crippen LogP contribution in [0.5, 0.6) is 0 Å². The van der Waals surface area contributed by atoms with E-state index in [9.17, 15) is 14.4 Å². The first-order valence-corrected chi connectivity index (χ1v) is 10.6. The summed E-state index contributed by atoms with van der Waals surface area (Å²) in [5.74, 6) is -0.0666. The lowest BCUT2D eigenvalue weighted by Crippen LogP contribution is -2.45. The van der Waals surface area contributed by atoms with Gasteiger partial charge in [-0.1, -0.05) is 18.2 Å². The molecule has 0 unspecified atom stereocenters. The van der Waals surface area contributed by atoms with Gasteiger partial charge in [0.1, 0.15) is 11.4 Å². The minimum atomic E-state index is -0.591. The van der Waals surface area contributed by atoms with Gasteiger partial charge >= 0.3 is 0 Å². The maximum Gasteiger partial charge on any atom is 0.257 e. The molecule has 3 aromatic rings. The highest BCUT2D eigenvalue weighted by molar-refractivity contribution is 5.98. The molecule has 0 spiro atoms. The molecule has 0 aliphatic carbocycles. The number of amides is 2. The number of H-pyrrole nitrogens is 1. The molecule has 4 rings (SSSR count). The first-order valence-electron chi connectivity index (χ1n) is 10.6. The zero-order chi connectivity index (χ0) is 22.5. The summed E-state index contributed by atoms with van der Waals surface area (Å²) >= 11 is 0. The lowest BCUT2D eigenvalue weighted by atomic mass is 10.1. The topological polar surface area (TPSA) is 110 Å². The van der Waals surface area contributed by atoms with Crippen molar-refractivity contribution in [1.82, 2.24) is 25.5 Å². The van der Waals surface area contributed by atoms with Gasteiger partial charge in [-0.2, -0.15) is 0 Å². The van der Waals surface area contributed by atoms with Gasteiger partial charge in [0.05, 0.1) is 6.54 Å². The fraction of sp³-hybridized carbons (Fsp3) is 0.304. The van der Waals surface area contributed by atoms with Crippen LogP contribution in [0.25, 0.3) is 10.9 Å². The molecule has 166 valence electrons. The first kappa shape index (κ1) is 21.5. The number of pyridine rings is 2. The van der Waals surface area contributed by atoms with Gasteiger partial charge in [0.25, 0.3) is 5.91 Å². The Hall–Kier alpha value is -3.72. The zero-order valence-corrected chi connectivity index (χ0v) is 17.9. The van der Waals surface area contributed by atoms with E-state index in [2.05, 4.69) is 37.4 Å². The van der Waals surface area contributed by atoms with E-state index in [0.717, 1.165) is 37.6 Å². The molecule has 1 aliphatic rings. The van der Waals surface area contributed by atoms with Crippen molar-refractivity contribution < 1.29 is 9.59 Å². The first-order chi connectivity index (χ1) is 15.5. The van der Waals surface area contributed by atoms with Crippen LogP contribution >= 0.6 is 0 Å². The number of aromatic amines is 1. The van der Waals surface area contributed by atoms with Crippen LogP contribution in [0.1, 0.15) is 15.9 Å². The van der Waals surface area contributed by atoms with Crippen molar-refractivity contribution >= 4 is 28.5 Å². The summed E-state index contributed by atoms with van der Waals surface area (Å²) in [6.07, 6.45) is 3.12. The summed E-state index contributed by atoms with van der Waals surface area (Å²) in [5, 5.41) is 5.77. The van der Waals surface area contributed by atoms with Crippen LogP contribution in [0, 0.1) is 0 Å². The Morgan fingerprint density at radius 2 is 1.84 bits per heavy atom. The Balaban J connectivity index is 1.34. The molecule has 1 aromatic carbocycles. The molecule has 0 bridgehead atoms. The molecule has 3 N–H and O–H groups in total. The molecule has 0 atom stereocenters. The molecule has 9 nitrogen and oxygen atoms in total. The van der Waals surface area contributed by atoms with E-state index in [1.807, 2.05) is 12.1 Å². The van der Waals surface area contributed by atoms with Crippen molar-refractivity contribution in [2.75, 3.05) is 44.7 Å². The molecule has 1 aliphatic heterocycles. The van der Waals surface area contributed by atoms with Gasteiger partial charge < -0.3 is 25.4 Å². The van der Waals surface area contributed by atoms with Gasteiger partial charge in [0.2, 0.25) is 11.3 Å². The van der Waals surface area contributed by atoms with Gasteiger partial charge in [-0.05, 0) is 25.2 Å². The fourth-order valence-corrected chi connectivity index (χ4v) is 3.72. The SMILES string of the molecule is CN1CCN(c2ncccc2CNC(=O)CNC(=O)c2c[nH]c3ccccc3c2=O)CC1. The van der Waals surface area contributed by atoms with Crippen LogP contribution in [-0.4, -0.2) is 66.5 Å². The number of hydrogen-bond acceptors (Lipinski definition) is 6. The Morgan fingerprint density at radius 1 is 1.06 bits per heavy atom. The highest BCUT2D eigenvalue weighted by Crippen LogP contribution is 2.18. The van der Waals surface area contributed by atoms with E-state index in [4.69, 9.17) is 0 Å². The van der Waals surface area contributed by atoms with Gasteiger partial charge in [0, 0.05) is 61.6 Å². The molecule has 0 saturated carbocycles. The maximum absolute atomic E-state index is 12.5. The standard InChI is InChI=1S/C23H26N6O3/c1-28-9-11-29(12-10-28)22-16(5-4-8-24-22)13-26-20(30)15-27-23(32)18-14-25-19-7-3-2-6-17(19)21(18)31/h2-8,14H,9-13,15H2,1H3,(H,25,31)(H,26,30)(H,27,32). The molecule has 2 aromatic heterocycles. The number of carbonyl (C=O) groups excluding carboxylic acids is 2.